The molecule has 2 rings (SSSR count). The quantitative estimate of drug-likeness (QED) is 0.821. The second-order valence-corrected chi connectivity index (χ2v) is 4.02. The molecule has 1 aliphatic rings. The first-order valence-electron chi connectivity index (χ1n) is 5.73. The van der Waals surface area contributed by atoms with Crippen LogP contribution in [0, 0.1) is 5.92 Å². The monoisotopic (exact) mass is 209 g/mol. The van der Waals surface area contributed by atoms with Gasteiger partial charge in [-0.2, -0.15) is 0 Å². The average molecular weight is 209 g/mol. The van der Waals surface area contributed by atoms with E-state index in [0.29, 0.717) is 5.92 Å². The summed E-state index contributed by atoms with van der Waals surface area (Å²) in [7, 11) is 0. The molecule has 1 aromatic rings. The van der Waals surface area contributed by atoms with Gasteiger partial charge in [0.05, 0.1) is 6.61 Å². The number of nitrogens with one attached hydrogen (secondary N) is 1. The Bertz CT molecular complexity index is 292. The highest BCUT2D eigenvalue weighted by Gasteiger charge is 2.15. The molecule has 1 fully saturated rings. The molecular formula is C11H19N3O. The van der Waals surface area contributed by atoms with Crippen LogP contribution >= 0.6 is 0 Å². The summed E-state index contributed by atoms with van der Waals surface area (Å²) in [5.41, 5.74) is 0. The maximum atomic E-state index is 5.48. The Morgan fingerprint density at radius 1 is 1.67 bits per heavy atom. The molecule has 1 unspecified atom stereocenters. The highest BCUT2D eigenvalue weighted by atomic mass is 16.5. The number of anilines is 1. The molecule has 1 N–H and O–H groups in total. The van der Waals surface area contributed by atoms with Crippen molar-refractivity contribution in [1.29, 1.82) is 0 Å². The fourth-order valence-corrected chi connectivity index (χ4v) is 2.01. The van der Waals surface area contributed by atoms with Gasteiger partial charge in [-0.15, -0.1) is 0 Å². The van der Waals surface area contributed by atoms with Crippen molar-refractivity contribution in [3.63, 3.8) is 0 Å². The molecule has 0 amide bonds. The van der Waals surface area contributed by atoms with Gasteiger partial charge in [0.2, 0.25) is 5.95 Å². The number of hydrogen-bond donors (Lipinski definition) is 1. The van der Waals surface area contributed by atoms with Gasteiger partial charge in [0.15, 0.2) is 0 Å². The van der Waals surface area contributed by atoms with Gasteiger partial charge in [0.1, 0.15) is 0 Å². The van der Waals surface area contributed by atoms with E-state index < -0.39 is 0 Å². The van der Waals surface area contributed by atoms with E-state index in [9.17, 15) is 0 Å². The van der Waals surface area contributed by atoms with Gasteiger partial charge >= 0.3 is 0 Å². The highest BCUT2D eigenvalue weighted by molar-refractivity contribution is 5.25. The zero-order valence-corrected chi connectivity index (χ0v) is 9.28. The Balaban J connectivity index is 1.93. The molecule has 1 atom stereocenters. The molecule has 1 aliphatic heterocycles. The van der Waals surface area contributed by atoms with Gasteiger partial charge < -0.3 is 14.6 Å². The normalized spacial score (nSPS) is 21.5. The van der Waals surface area contributed by atoms with Gasteiger partial charge in [-0.1, -0.05) is 0 Å². The zero-order chi connectivity index (χ0) is 10.5. The number of nitrogens with zero attached hydrogens (tertiary/aromatic N) is 2. The van der Waals surface area contributed by atoms with Crippen molar-refractivity contribution in [2.75, 3.05) is 25.1 Å². The van der Waals surface area contributed by atoms with E-state index in [-0.39, 0.29) is 0 Å². The summed E-state index contributed by atoms with van der Waals surface area (Å²) < 4.78 is 7.66. The second-order valence-electron chi connectivity index (χ2n) is 4.02. The van der Waals surface area contributed by atoms with Crippen LogP contribution in [-0.4, -0.2) is 29.3 Å². The van der Waals surface area contributed by atoms with E-state index in [4.69, 9.17) is 4.74 Å². The second kappa shape index (κ2) is 5.16. The van der Waals surface area contributed by atoms with Crippen LogP contribution in [0.2, 0.25) is 0 Å². The molecule has 2 heterocycles. The number of hydrogen-bond acceptors (Lipinski definition) is 3. The SMILES string of the molecule is CCNc1nccn1CC1CCCOC1. The Morgan fingerprint density at radius 3 is 3.33 bits per heavy atom. The number of ether oxygens (including phenoxy) is 1. The Labute approximate surface area is 90.6 Å². The third-order valence-electron chi connectivity index (χ3n) is 2.76. The number of aromatic nitrogens is 2. The molecular weight excluding hydrogens is 190 g/mol. The van der Waals surface area contributed by atoms with Crippen molar-refractivity contribution in [3.8, 4) is 0 Å². The maximum Gasteiger partial charge on any atom is 0.202 e. The summed E-state index contributed by atoms with van der Waals surface area (Å²) >= 11 is 0. The summed E-state index contributed by atoms with van der Waals surface area (Å²) in [5, 5.41) is 3.26. The van der Waals surface area contributed by atoms with Crippen molar-refractivity contribution in [2.45, 2.75) is 26.3 Å². The van der Waals surface area contributed by atoms with E-state index in [2.05, 4.69) is 21.8 Å². The Hall–Kier alpha value is -1.03. The molecule has 4 heteroatoms. The molecule has 4 nitrogen and oxygen atoms in total. The van der Waals surface area contributed by atoms with Crippen molar-refractivity contribution < 1.29 is 4.74 Å². The maximum absolute atomic E-state index is 5.48. The number of rotatable bonds is 4. The molecule has 0 aromatic carbocycles. The van der Waals surface area contributed by atoms with E-state index in [0.717, 1.165) is 32.3 Å². The van der Waals surface area contributed by atoms with Crippen molar-refractivity contribution in [3.05, 3.63) is 12.4 Å². The van der Waals surface area contributed by atoms with Crippen LogP contribution in [0.5, 0.6) is 0 Å². The van der Waals surface area contributed by atoms with Crippen LogP contribution in [0.1, 0.15) is 19.8 Å². The smallest absolute Gasteiger partial charge is 0.202 e. The van der Waals surface area contributed by atoms with Gasteiger partial charge in [0, 0.05) is 38.0 Å². The lowest BCUT2D eigenvalue weighted by Crippen LogP contribution is -2.22. The summed E-state index contributed by atoms with van der Waals surface area (Å²) in [4.78, 5) is 4.28. The minimum Gasteiger partial charge on any atom is -0.381 e. The summed E-state index contributed by atoms with van der Waals surface area (Å²) in [6.07, 6.45) is 6.34. The third-order valence-corrected chi connectivity index (χ3v) is 2.76. The Kier molecular flexibility index (Phi) is 3.61. The van der Waals surface area contributed by atoms with Crippen molar-refractivity contribution in [2.24, 2.45) is 5.92 Å². The van der Waals surface area contributed by atoms with Crippen LogP contribution in [0.15, 0.2) is 12.4 Å². The average Bonchev–Trinajstić information content (AvgIpc) is 2.68. The van der Waals surface area contributed by atoms with E-state index in [1.54, 1.807) is 0 Å². The summed E-state index contributed by atoms with van der Waals surface area (Å²) in [5.74, 6) is 1.62. The lowest BCUT2D eigenvalue weighted by atomic mass is 10.0. The topological polar surface area (TPSA) is 39.1 Å². The molecule has 0 radical (unpaired) electrons. The van der Waals surface area contributed by atoms with Crippen LogP contribution in [0.3, 0.4) is 0 Å². The predicted octanol–water partition coefficient (Wildman–Crippen LogP) is 1.74. The molecule has 0 bridgehead atoms. The van der Waals surface area contributed by atoms with E-state index in [1.165, 1.54) is 12.8 Å². The largest absolute Gasteiger partial charge is 0.381 e. The fraction of sp³-hybridized carbons (Fsp3) is 0.727. The van der Waals surface area contributed by atoms with Crippen LogP contribution in [0.4, 0.5) is 5.95 Å². The first-order chi connectivity index (χ1) is 7.40. The first kappa shape index (κ1) is 10.5. The molecule has 84 valence electrons. The van der Waals surface area contributed by atoms with Crippen LogP contribution in [0.25, 0.3) is 0 Å². The predicted molar refractivity (Wildman–Crippen MR) is 59.9 cm³/mol. The minimum atomic E-state index is 0.644. The van der Waals surface area contributed by atoms with Gasteiger partial charge in [-0.05, 0) is 19.8 Å². The zero-order valence-electron chi connectivity index (χ0n) is 9.28. The molecule has 1 aromatic heterocycles. The van der Waals surface area contributed by atoms with Crippen molar-refractivity contribution >= 4 is 5.95 Å². The molecule has 0 saturated carbocycles. The highest BCUT2D eigenvalue weighted by Crippen LogP contribution is 2.17. The number of imidazole rings is 1. The van der Waals surface area contributed by atoms with Gasteiger partial charge in [-0.25, -0.2) is 4.98 Å². The standard InChI is InChI=1S/C11H19N3O/c1-2-12-11-13-5-6-14(11)8-10-4-3-7-15-9-10/h5-6,10H,2-4,7-9H2,1H3,(H,12,13). The summed E-state index contributed by atoms with van der Waals surface area (Å²) in [6.45, 7) is 5.84. The van der Waals surface area contributed by atoms with Gasteiger partial charge in [0.25, 0.3) is 0 Å². The van der Waals surface area contributed by atoms with Crippen LogP contribution in [-0.2, 0) is 11.3 Å². The Morgan fingerprint density at radius 2 is 2.60 bits per heavy atom. The van der Waals surface area contributed by atoms with E-state index in [1.807, 2.05) is 12.4 Å². The summed E-state index contributed by atoms with van der Waals surface area (Å²) in [6, 6.07) is 0. The van der Waals surface area contributed by atoms with E-state index >= 15 is 0 Å². The minimum absolute atomic E-state index is 0.644. The third kappa shape index (κ3) is 2.72. The first-order valence-corrected chi connectivity index (χ1v) is 5.73. The lowest BCUT2D eigenvalue weighted by molar-refractivity contribution is 0.0486. The lowest BCUT2D eigenvalue weighted by Gasteiger charge is -2.23. The molecule has 15 heavy (non-hydrogen) atoms. The molecule has 1 saturated heterocycles. The van der Waals surface area contributed by atoms with Gasteiger partial charge in [-0.3, -0.25) is 0 Å². The molecule has 0 aliphatic carbocycles. The van der Waals surface area contributed by atoms with Crippen LogP contribution < -0.4 is 5.32 Å². The molecule has 0 spiro atoms. The fourth-order valence-electron chi connectivity index (χ4n) is 2.01. The van der Waals surface area contributed by atoms with Crippen molar-refractivity contribution in [1.82, 2.24) is 9.55 Å².